The van der Waals surface area contributed by atoms with Gasteiger partial charge in [0.15, 0.2) is 0 Å². The lowest BCUT2D eigenvalue weighted by atomic mass is 9.83. The number of carbonyl (C=O) groups excluding carboxylic acids is 1. The number of nitrogens with one attached hydrogen (secondary N) is 1. The molecule has 1 heterocycles. The number of hydrogen-bond acceptors (Lipinski definition) is 3. The molecule has 1 amide bonds. The number of nitrogens with zero attached hydrogens (tertiary/aromatic N) is 1. The quantitative estimate of drug-likeness (QED) is 0.827. The number of rotatable bonds is 4. The van der Waals surface area contributed by atoms with Gasteiger partial charge in [-0.25, -0.2) is 0 Å². The highest BCUT2D eigenvalue weighted by Crippen LogP contribution is 2.26. The van der Waals surface area contributed by atoms with Gasteiger partial charge >= 0.3 is 0 Å². The van der Waals surface area contributed by atoms with Crippen LogP contribution < -0.4 is 11.1 Å². The molecule has 2 rings (SSSR count). The van der Waals surface area contributed by atoms with Gasteiger partial charge in [-0.2, -0.15) is 0 Å². The first-order valence-electron chi connectivity index (χ1n) is 6.68. The van der Waals surface area contributed by atoms with Gasteiger partial charge in [0, 0.05) is 18.0 Å². The second kappa shape index (κ2) is 6.61. The number of nitrogens with two attached hydrogens (primary N) is 1. The van der Waals surface area contributed by atoms with E-state index in [-0.39, 0.29) is 11.9 Å². The molecule has 0 aliphatic heterocycles. The number of hydrogen-bond donors (Lipinski definition) is 2. The summed E-state index contributed by atoms with van der Waals surface area (Å²) in [5.74, 6) is 0.239. The zero-order valence-electron chi connectivity index (χ0n) is 10.8. The Labute approximate surface area is 118 Å². The van der Waals surface area contributed by atoms with Gasteiger partial charge in [0.2, 0.25) is 0 Å². The number of carbonyl (C=O) groups is 1. The predicted octanol–water partition coefficient (Wildman–Crippen LogP) is 2.05. The minimum absolute atomic E-state index is 0.134. The van der Waals surface area contributed by atoms with Gasteiger partial charge in [-0.15, -0.1) is 0 Å². The van der Waals surface area contributed by atoms with Crippen molar-refractivity contribution in [2.24, 2.45) is 11.7 Å². The Bertz CT molecular complexity index is 443. The molecule has 102 valence electrons. The van der Waals surface area contributed by atoms with E-state index in [1.165, 1.54) is 19.3 Å². The van der Waals surface area contributed by atoms with E-state index in [0.717, 1.165) is 12.8 Å². The van der Waals surface area contributed by atoms with E-state index in [4.69, 9.17) is 18.0 Å². The highest BCUT2D eigenvalue weighted by Gasteiger charge is 2.27. The molecular formula is C14H19N3OS. The van der Waals surface area contributed by atoms with Crippen molar-refractivity contribution < 1.29 is 4.79 Å². The average Bonchev–Trinajstić information content (AvgIpc) is 2.46. The predicted molar refractivity (Wildman–Crippen MR) is 78.9 cm³/mol. The number of pyridine rings is 1. The Kier molecular flexibility index (Phi) is 4.85. The molecule has 5 heteroatoms. The molecule has 1 fully saturated rings. The van der Waals surface area contributed by atoms with Crippen LogP contribution in [0.25, 0.3) is 0 Å². The molecule has 4 nitrogen and oxygen atoms in total. The Morgan fingerprint density at radius 1 is 1.32 bits per heavy atom. The number of amides is 1. The van der Waals surface area contributed by atoms with Crippen LogP contribution in [0.5, 0.6) is 0 Å². The van der Waals surface area contributed by atoms with Crippen LogP contribution in [0.3, 0.4) is 0 Å². The summed E-state index contributed by atoms with van der Waals surface area (Å²) in [5, 5.41) is 2.97. The van der Waals surface area contributed by atoms with E-state index in [1.54, 1.807) is 24.5 Å². The molecule has 0 saturated heterocycles. The lowest BCUT2D eigenvalue weighted by Gasteiger charge is -2.30. The van der Waals surface area contributed by atoms with Gasteiger partial charge in [-0.05, 0) is 30.9 Å². The molecule has 1 aliphatic carbocycles. The molecule has 3 N–H and O–H groups in total. The minimum Gasteiger partial charge on any atom is -0.392 e. The van der Waals surface area contributed by atoms with Crippen molar-refractivity contribution in [3.05, 3.63) is 30.1 Å². The third-order valence-electron chi connectivity index (χ3n) is 3.66. The molecule has 0 bridgehead atoms. The zero-order chi connectivity index (χ0) is 13.7. The summed E-state index contributed by atoms with van der Waals surface area (Å²) in [6.45, 7) is 0. The summed E-state index contributed by atoms with van der Waals surface area (Å²) in [5.41, 5.74) is 6.39. The molecule has 0 radical (unpaired) electrons. The molecular weight excluding hydrogens is 258 g/mol. The lowest BCUT2D eigenvalue weighted by molar-refractivity contribution is 0.0932. The molecule has 1 aromatic rings. The molecule has 0 aromatic carbocycles. The van der Waals surface area contributed by atoms with Crippen molar-refractivity contribution in [1.82, 2.24) is 10.3 Å². The van der Waals surface area contributed by atoms with Gasteiger partial charge < -0.3 is 11.1 Å². The zero-order valence-corrected chi connectivity index (χ0v) is 11.7. The fourth-order valence-electron chi connectivity index (χ4n) is 2.62. The topological polar surface area (TPSA) is 68.0 Å². The first kappa shape index (κ1) is 13.9. The summed E-state index contributed by atoms with van der Waals surface area (Å²) in [4.78, 5) is 16.4. The number of aromatic nitrogens is 1. The van der Waals surface area contributed by atoms with E-state index < -0.39 is 0 Å². The van der Waals surface area contributed by atoms with Gasteiger partial charge in [0.1, 0.15) is 0 Å². The molecule has 1 aromatic heterocycles. The van der Waals surface area contributed by atoms with Crippen molar-refractivity contribution in [3.8, 4) is 0 Å². The van der Waals surface area contributed by atoms with Gasteiger partial charge in [-0.1, -0.05) is 31.5 Å². The van der Waals surface area contributed by atoms with Crippen LogP contribution in [-0.2, 0) is 0 Å². The van der Waals surface area contributed by atoms with Gasteiger partial charge in [0.25, 0.3) is 5.91 Å². The van der Waals surface area contributed by atoms with Crippen LogP contribution in [0, 0.1) is 5.92 Å². The van der Waals surface area contributed by atoms with Crippen LogP contribution in [0.15, 0.2) is 24.5 Å². The third-order valence-corrected chi connectivity index (χ3v) is 3.91. The standard InChI is InChI=1S/C14H19N3OS/c15-13(19)12(10-4-2-1-3-5-10)17-14(18)11-6-8-16-9-7-11/h6-10,12H,1-5H2,(H2,15,19)(H,17,18). The maximum Gasteiger partial charge on any atom is 0.251 e. The van der Waals surface area contributed by atoms with Crippen molar-refractivity contribution in [2.75, 3.05) is 0 Å². The molecule has 19 heavy (non-hydrogen) atoms. The smallest absolute Gasteiger partial charge is 0.251 e. The van der Waals surface area contributed by atoms with Gasteiger partial charge in [0.05, 0.1) is 11.0 Å². The molecule has 1 saturated carbocycles. The van der Waals surface area contributed by atoms with E-state index in [2.05, 4.69) is 10.3 Å². The Balaban J connectivity index is 2.04. The molecule has 1 atom stereocenters. The van der Waals surface area contributed by atoms with Crippen LogP contribution in [0.1, 0.15) is 42.5 Å². The SMILES string of the molecule is NC(=S)C(NC(=O)c1ccncc1)C1CCCCC1. The second-order valence-corrected chi connectivity index (χ2v) is 5.46. The summed E-state index contributed by atoms with van der Waals surface area (Å²) >= 11 is 5.12. The Hall–Kier alpha value is -1.49. The van der Waals surface area contributed by atoms with E-state index in [9.17, 15) is 4.79 Å². The van der Waals surface area contributed by atoms with Crippen LogP contribution in [0.4, 0.5) is 0 Å². The van der Waals surface area contributed by atoms with E-state index in [0.29, 0.717) is 16.5 Å². The third kappa shape index (κ3) is 3.73. The Morgan fingerprint density at radius 3 is 2.53 bits per heavy atom. The minimum atomic E-state index is -0.198. The van der Waals surface area contributed by atoms with Crippen molar-refractivity contribution in [2.45, 2.75) is 38.1 Å². The summed E-state index contributed by atoms with van der Waals surface area (Å²) in [6.07, 6.45) is 9.01. The normalized spacial score (nSPS) is 17.7. The molecule has 1 unspecified atom stereocenters. The second-order valence-electron chi connectivity index (χ2n) is 4.99. The highest BCUT2D eigenvalue weighted by molar-refractivity contribution is 7.80. The maximum absolute atomic E-state index is 12.1. The first-order valence-corrected chi connectivity index (χ1v) is 7.09. The van der Waals surface area contributed by atoms with Crippen LogP contribution in [0.2, 0.25) is 0 Å². The first-order chi connectivity index (χ1) is 9.18. The monoisotopic (exact) mass is 277 g/mol. The van der Waals surface area contributed by atoms with Crippen LogP contribution >= 0.6 is 12.2 Å². The lowest BCUT2D eigenvalue weighted by Crippen LogP contribution is -2.48. The number of thiocarbonyl (C=S) groups is 1. The largest absolute Gasteiger partial charge is 0.392 e. The summed E-state index contributed by atoms with van der Waals surface area (Å²) in [7, 11) is 0. The Morgan fingerprint density at radius 2 is 1.95 bits per heavy atom. The van der Waals surface area contributed by atoms with E-state index >= 15 is 0 Å². The van der Waals surface area contributed by atoms with Crippen molar-refractivity contribution >= 4 is 23.1 Å². The maximum atomic E-state index is 12.1. The fraction of sp³-hybridized carbons (Fsp3) is 0.500. The van der Waals surface area contributed by atoms with E-state index in [1.807, 2.05) is 0 Å². The van der Waals surface area contributed by atoms with Crippen LogP contribution in [-0.4, -0.2) is 21.9 Å². The van der Waals surface area contributed by atoms with Gasteiger partial charge in [-0.3, -0.25) is 9.78 Å². The fourth-order valence-corrected chi connectivity index (χ4v) is 2.87. The molecule has 1 aliphatic rings. The van der Waals surface area contributed by atoms with Crippen molar-refractivity contribution in [3.63, 3.8) is 0 Å². The molecule has 0 spiro atoms. The van der Waals surface area contributed by atoms with Crippen molar-refractivity contribution in [1.29, 1.82) is 0 Å². The summed E-state index contributed by atoms with van der Waals surface area (Å²) in [6, 6.07) is 3.18. The highest BCUT2D eigenvalue weighted by atomic mass is 32.1. The summed E-state index contributed by atoms with van der Waals surface area (Å²) < 4.78 is 0. The average molecular weight is 277 g/mol.